The van der Waals surface area contributed by atoms with Crippen LogP contribution in [0.1, 0.15) is 25.6 Å². The lowest BCUT2D eigenvalue weighted by Gasteiger charge is -1.98. The molecule has 0 fully saturated rings. The van der Waals surface area contributed by atoms with E-state index >= 15 is 0 Å². The average Bonchev–Trinajstić information content (AvgIpc) is 2.75. The van der Waals surface area contributed by atoms with Crippen LogP contribution in [0.5, 0.6) is 5.75 Å². The van der Waals surface area contributed by atoms with Crippen molar-refractivity contribution in [3.05, 3.63) is 36.0 Å². The highest BCUT2D eigenvalue weighted by Crippen LogP contribution is 2.23. The molecule has 4 nitrogen and oxygen atoms in total. The van der Waals surface area contributed by atoms with E-state index in [1.165, 1.54) is 0 Å². The zero-order valence-corrected chi connectivity index (χ0v) is 11.3. The Labute approximate surface area is 110 Å². The normalized spacial score (nSPS) is 11.1. The fraction of sp³-hybridized carbons (Fsp3) is 0.385. The highest BCUT2D eigenvalue weighted by atomic mass is 32.2. The quantitative estimate of drug-likeness (QED) is 0.840. The van der Waals surface area contributed by atoms with Crippen LogP contribution in [0.25, 0.3) is 0 Å². The van der Waals surface area contributed by atoms with Crippen molar-refractivity contribution in [1.82, 2.24) is 10.1 Å². The van der Waals surface area contributed by atoms with Gasteiger partial charge in [-0.2, -0.15) is 4.98 Å². The van der Waals surface area contributed by atoms with E-state index in [0.29, 0.717) is 23.4 Å². The third-order valence-electron chi connectivity index (χ3n) is 2.30. The first-order chi connectivity index (χ1) is 8.63. The summed E-state index contributed by atoms with van der Waals surface area (Å²) in [4.78, 5) is 5.41. The van der Waals surface area contributed by atoms with Gasteiger partial charge in [-0.15, -0.1) is 11.8 Å². The number of aromatic nitrogens is 2. The predicted molar refractivity (Wildman–Crippen MR) is 70.5 cm³/mol. The van der Waals surface area contributed by atoms with Crippen LogP contribution >= 0.6 is 11.8 Å². The van der Waals surface area contributed by atoms with E-state index < -0.39 is 0 Å². The van der Waals surface area contributed by atoms with Gasteiger partial charge in [-0.3, -0.25) is 0 Å². The van der Waals surface area contributed by atoms with Crippen LogP contribution in [0.2, 0.25) is 0 Å². The summed E-state index contributed by atoms with van der Waals surface area (Å²) >= 11 is 1.62. The number of hydrogen-bond donors (Lipinski definition) is 1. The zero-order chi connectivity index (χ0) is 13.0. The number of aromatic hydroxyl groups is 1. The monoisotopic (exact) mass is 264 g/mol. The topological polar surface area (TPSA) is 59.2 Å². The van der Waals surface area contributed by atoms with Gasteiger partial charge >= 0.3 is 0 Å². The summed E-state index contributed by atoms with van der Waals surface area (Å²) in [6.45, 7) is 4.24. The highest BCUT2D eigenvalue weighted by molar-refractivity contribution is 7.98. The molecule has 0 atom stereocenters. The number of benzene rings is 1. The van der Waals surface area contributed by atoms with E-state index in [2.05, 4.69) is 24.0 Å². The molecule has 1 aromatic heterocycles. The van der Waals surface area contributed by atoms with Crippen molar-refractivity contribution in [3.63, 3.8) is 0 Å². The molecule has 0 aliphatic carbocycles. The van der Waals surface area contributed by atoms with Crippen LogP contribution in [0, 0.1) is 5.92 Å². The third kappa shape index (κ3) is 3.77. The second kappa shape index (κ2) is 5.91. The molecule has 5 heteroatoms. The van der Waals surface area contributed by atoms with Gasteiger partial charge in [0.2, 0.25) is 5.89 Å². The van der Waals surface area contributed by atoms with Gasteiger partial charge in [0, 0.05) is 11.3 Å². The van der Waals surface area contributed by atoms with Gasteiger partial charge in [0.25, 0.3) is 0 Å². The van der Waals surface area contributed by atoms with E-state index in [9.17, 15) is 5.11 Å². The largest absolute Gasteiger partial charge is 0.508 e. The fourth-order valence-electron chi connectivity index (χ4n) is 1.47. The number of hydrogen-bond acceptors (Lipinski definition) is 5. The third-order valence-corrected chi connectivity index (χ3v) is 3.31. The van der Waals surface area contributed by atoms with Crippen LogP contribution in [-0.2, 0) is 12.2 Å². The van der Waals surface area contributed by atoms with Crippen LogP contribution in [0.3, 0.4) is 0 Å². The maximum Gasteiger partial charge on any atom is 0.226 e. The molecular formula is C13H16N2O2S. The second-order valence-corrected chi connectivity index (χ2v) is 5.53. The Balaban J connectivity index is 1.90. The summed E-state index contributed by atoms with van der Waals surface area (Å²) < 4.78 is 5.17. The lowest BCUT2D eigenvalue weighted by Crippen LogP contribution is -1.94. The van der Waals surface area contributed by atoms with Crippen LogP contribution in [-0.4, -0.2) is 15.2 Å². The predicted octanol–water partition coefficient (Wildman–Crippen LogP) is 3.27. The van der Waals surface area contributed by atoms with Crippen LogP contribution in [0.4, 0.5) is 0 Å². The first kappa shape index (κ1) is 13.0. The number of phenols is 1. The molecule has 96 valence electrons. The van der Waals surface area contributed by atoms with Crippen molar-refractivity contribution in [2.45, 2.75) is 30.9 Å². The standard InChI is InChI=1S/C13H16N2O2S/c1-9(2)7-13-14-12(15-17-13)8-18-11-5-3-10(16)4-6-11/h3-6,9,16H,7-8H2,1-2H3. The molecule has 0 saturated heterocycles. The minimum Gasteiger partial charge on any atom is -0.508 e. The van der Waals surface area contributed by atoms with Crippen molar-refractivity contribution in [1.29, 1.82) is 0 Å². The highest BCUT2D eigenvalue weighted by Gasteiger charge is 2.08. The Kier molecular flexibility index (Phi) is 4.25. The molecule has 0 aliphatic heterocycles. The van der Waals surface area contributed by atoms with E-state index in [4.69, 9.17) is 4.52 Å². The number of phenolic OH excluding ortho intramolecular Hbond substituents is 1. The maximum atomic E-state index is 9.18. The fourth-order valence-corrected chi connectivity index (χ4v) is 2.21. The van der Waals surface area contributed by atoms with Gasteiger partial charge in [0.15, 0.2) is 5.82 Å². The lowest BCUT2D eigenvalue weighted by molar-refractivity contribution is 0.360. The van der Waals surface area contributed by atoms with Crippen molar-refractivity contribution in [2.24, 2.45) is 5.92 Å². The first-order valence-electron chi connectivity index (χ1n) is 5.87. The summed E-state index contributed by atoms with van der Waals surface area (Å²) in [5.74, 6) is 2.88. The van der Waals surface area contributed by atoms with Crippen molar-refractivity contribution in [3.8, 4) is 5.75 Å². The molecule has 0 unspecified atom stereocenters. The molecule has 18 heavy (non-hydrogen) atoms. The Morgan fingerprint density at radius 1 is 1.28 bits per heavy atom. The molecule has 1 N–H and O–H groups in total. The average molecular weight is 264 g/mol. The van der Waals surface area contributed by atoms with Crippen molar-refractivity contribution in [2.75, 3.05) is 0 Å². The summed E-state index contributed by atoms with van der Waals surface area (Å²) in [7, 11) is 0. The van der Waals surface area contributed by atoms with Gasteiger partial charge in [-0.25, -0.2) is 0 Å². The van der Waals surface area contributed by atoms with Crippen molar-refractivity contribution < 1.29 is 9.63 Å². The molecule has 0 spiro atoms. The van der Waals surface area contributed by atoms with Gasteiger partial charge in [0.1, 0.15) is 5.75 Å². The minimum absolute atomic E-state index is 0.276. The van der Waals surface area contributed by atoms with E-state index in [1.54, 1.807) is 23.9 Å². The molecule has 0 saturated carbocycles. The van der Waals surface area contributed by atoms with E-state index in [0.717, 1.165) is 11.3 Å². The minimum atomic E-state index is 0.276. The summed E-state index contributed by atoms with van der Waals surface area (Å²) in [6, 6.07) is 7.08. The molecule has 1 heterocycles. The van der Waals surface area contributed by atoms with Gasteiger partial charge in [-0.05, 0) is 30.2 Å². The molecule has 2 aromatic rings. The molecule has 0 aliphatic rings. The van der Waals surface area contributed by atoms with E-state index in [1.807, 2.05) is 12.1 Å². The number of thioether (sulfide) groups is 1. The zero-order valence-electron chi connectivity index (χ0n) is 10.5. The number of nitrogens with zero attached hydrogens (tertiary/aromatic N) is 2. The van der Waals surface area contributed by atoms with Gasteiger partial charge < -0.3 is 9.63 Å². The molecule has 0 amide bonds. The summed E-state index contributed by atoms with van der Waals surface area (Å²) in [6.07, 6.45) is 0.816. The Morgan fingerprint density at radius 2 is 2.00 bits per heavy atom. The van der Waals surface area contributed by atoms with Gasteiger partial charge in [0.05, 0.1) is 5.75 Å². The summed E-state index contributed by atoms with van der Waals surface area (Å²) in [5.41, 5.74) is 0. The second-order valence-electron chi connectivity index (χ2n) is 4.48. The molecule has 0 radical (unpaired) electrons. The van der Waals surface area contributed by atoms with Crippen LogP contribution in [0.15, 0.2) is 33.7 Å². The summed E-state index contributed by atoms with van der Waals surface area (Å²) in [5, 5.41) is 13.1. The van der Waals surface area contributed by atoms with Gasteiger partial charge in [-0.1, -0.05) is 19.0 Å². The molecule has 1 aromatic carbocycles. The molecular weight excluding hydrogens is 248 g/mol. The Hall–Kier alpha value is -1.49. The van der Waals surface area contributed by atoms with Crippen molar-refractivity contribution >= 4 is 11.8 Å². The number of rotatable bonds is 5. The first-order valence-corrected chi connectivity index (χ1v) is 6.85. The van der Waals surface area contributed by atoms with E-state index in [-0.39, 0.29) is 5.75 Å². The Morgan fingerprint density at radius 3 is 2.67 bits per heavy atom. The Bertz CT molecular complexity index is 494. The molecule has 2 rings (SSSR count). The lowest BCUT2D eigenvalue weighted by atomic mass is 10.1. The maximum absolute atomic E-state index is 9.18. The SMILES string of the molecule is CC(C)Cc1nc(CSc2ccc(O)cc2)no1. The van der Waals surface area contributed by atoms with Crippen LogP contribution < -0.4 is 0 Å². The molecule has 0 bridgehead atoms. The smallest absolute Gasteiger partial charge is 0.226 e.